The summed E-state index contributed by atoms with van der Waals surface area (Å²) in [5, 5.41) is 3.11. The summed E-state index contributed by atoms with van der Waals surface area (Å²) in [7, 11) is 0. The van der Waals surface area contributed by atoms with Crippen molar-refractivity contribution in [2.75, 3.05) is 5.32 Å². The van der Waals surface area contributed by atoms with Crippen LogP contribution >= 0.6 is 0 Å². The van der Waals surface area contributed by atoms with E-state index in [0.717, 1.165) is 17.7 Å². The normalized spacial score (nSPS) is 23.9. The fourth-order valence-electron chi connectivity index (χ4n) is 2.90. The van der Waals surface area contributed by atoms with Gasteiger partial charge in [-0.1, -0.05) is 38.8 Å². The summed E-state index contributed by atoms with van der Waals surface area (Å²) in [5.74, 6) is -0.847. The first-order valence-corrected chi connectivity index (χ1v) is 7.31. The molecule has 2 unspecified atom stereocenters. The van der Waals surface area contributed by atoms with Crippen LogP contribution in [0.25, 0.3) is 0 Å². The Labute approximate surface area is 118 Å². The molecule has 1 aliphatic carbocycles. The van der Waals surface area contributed by atoms with Gasteiger partial charge in [0, 0.05) is 11.7 Å². The van der Waals surface area contributed by atoms with E-state index < -0.39 is 18.1 Å². The summed E-state index contributed by atoms with van der Waals surface area (Å²) in [6.45, 7) is 4.16. The average molecular weight is 285 g/mol. The van der Waals surface area contributed by atoms with Crippen LogP contribution in [0.2, 0.25) is 0 Å². The first kappa shape index (κ1) is 15.2. The molecule has 1 aromatic rings. The SMILES string of the molecule is CC(C)c1cccc(NC2CCCCC2C(F)(F)F)c1. The summed E-state index contributed by atoms with van der Waals surface area (Å²) in [6, 6.07) is 7.24. The number of halogens is 3. The van der Waals surface area contributed by atoms with Crippen molar-refractivity contribution in [1.82, 2.24) is 0 Å². The van der Waals surface area contributed by atoms with Gasteiger partial charge in [0.1, 0.15) is 0 Å². The molecule has 20 heavy (non-hydrogen) atoms. The summed E-state index contributed by atoms with van der Waals surface area (Å²) in [5.41, 5.74) is 1.95. The number of alkyl halides is 3. The quantitative estimate of drug-likeness (QED) is 0.790. The smallest absolute Gasteiger partial charge is 0.382 e. The minimum Gasteiger partial charge on any atom is -0.382 e. The molecule has 1 nitrogen and oxygen atoms in total. The predicted molar refractivity (Wildman–Crippen MR) is 76.0 cm³/mol. The molecule has 0 spiro atoms. The highest BCUT2D eigenvalue weighted by atomic mass is 19.4. The van der Waals surface area contributed by atoms with Gasteiger partial charge in [-0.05, 0) is 36.5 Å². The summed E-state index contributed by atoms with van der Waals surface area (Å²) in [6.07, 6.45) is -1.72. The second-order valence-corrected chi connectivity index (χ2v) is 5.96. The van der Waals surface area contributed by atoms with Gasteiger partial charge in [0.05, 0.1) is 5.92 Å². The van der Waals surface area contributed by atoms with Gasteiger partial charge in [-0.25, -0.2) is 0 Å². The van der Waals surface area contributed by atoms with Gasteiger partial charge in [-0.2, -0.15) is 13.2 Å². The zero-order chi connectivity index (χ0) is 14.8. The molecule has 2 rings (SSSR count). The van der Waals surface area contributed by atoms with Crippen LogP contribution in [-0.2, 0) is 0 Å². The highest BCUT2D eigenvalue weighted by Gasteiger charge is 2.45. The van der Waals surface area contributed by atoms with Gasteiger partial charge in [-0.15, -0.1) is 0 Å². The molecule has 0 aromatic heterocycles. The Bertz CT molecular complexity index is 440. The lowest BCUT2D eigenvalue weighted by atomic mass is 9.84. The minimum atomic E-state index is -4.10. The van der Waals surface area contributed by atoms with Crippen LogP contribution in [0, 0.1) is 5.92 Å². The van der Waals surface area contributed by atoms with Crippen molar-refractivity contribution in [3.63, 3.8) is 0 Å². The van der Waals surface area contributed by atoms with E-state index in [-0.39, 0.29) is 6.42 Å². The molecule has 1 saturated carbocycles. The van der Waals surface area contributed by atoms with Gasteiger partial charge < -0.3 is 5.32 Å². The fraction of sp³-hybridized carbons (Fsp3) is 0.625. The molecule has 0 radical (unpaired) electrons. The van der Waals surface area contributed by atoms with Crippen LogP contribution in [0.15, 0.2) is 24.3 Å². The van der Waals surface area contributed by atoms with Crippen LogP contribution in [-0.4, -0.2) is 12.2 Å². The first-order valence-electron chi connectivity index (χ1n) is 7.31. The molecular weight excluding hydrogens is 263 g/mol. The third kappa shape index (κ3) is 3.68. The topological polar surface area (TPSA) is 12.0 Å². The first-order chi connectivity index (χ1) is 9.38. The molecule has 0 bridgehead atoms. The maximum atomic E-state index is 13.1. The Balaban J connectivity index is 2.12. The monoisotopic (exact) mass is 285 g/mol. The molecule has 4 heteroatoms. The third-order valence-corrected chi connectivity index (χ3v) is 4.09. The zero-order valence-electron chi connectivity index (χ0n) is 12.0. The van der Waals surface area contributed by atoms with E-state index in [1.807, 2.05) is 24.3 Å². The van der Waals surface area contributed by atoms with Crippen molar-refractivity contribution >= 4 is 5.69 Å². The third-order valence-electron chi connectivity index (χ3n) is 4.09. The van der Waals surface area contributed by atoms with Gasteiger partial charge in [0.2, 0.25) is 0 Å². The predicted octanol–water partition coefficient (Wildman–Crippen LogP) is 5.34. The fourth-order valence-corrected chi connectivity index (χ4v) is 2.90. The number of rotatable bonds is 3. The van der Waals surface area contributed by atoms with Gasteiger partial charge >= 0.3 is 6.18 Å². The van der Waals surface area contributed by atoms with Crippen molar-refractivity contribution in [3.8, 4) is 0 Å². The summed E-state index contributed by atoms with van der Waals surface area (Å²) >= 11 is 0. The molecule has 1 N–H and O–H groups in total. The second kappa shape index (κ2) is 6.06. The van der Waals surface area contributed by atoms with Crippen molar-refractivity contribution < 1.29 is 13.2 Å². The number of anilines is 1. The number of hydrogen-bond donors (Lipinski definition) is 1. The highest BCUT2D eigenvalue weighted by Crippen LogP contribution is 2.39. The minimum absolute atomic E-state index is 0.241. The number of nitrogens with one attached hydrogen (secondary N) is 1. The zero-order valence-corrected chi connectivity index (χ0v) is 12.0. The molecule has 0 heterocycles. The molecule has 1 fully saturated rings. The van der Waals surface area contributed by atoms with Gasteiger partial charge in [0.15, 0.2) is 0 Å². The van der Waals surface area contributed by atoms with E-state index in [2.05, 4.69) is 19.2 Å². The lowest BCUT2D eigenvalue weighted by Crippen LogP contribution is -2.41. The molecule has 2 atom stereocenters. The highest BCUT2D eigenvalue weighted by molar-refractivity contribution is 5.47. The van der Waals surface area contributed by atoms with E-state index in [1.54, 1.807) is 0 Å². The Morgan fingerprint density at radius 1 is 1.15 bits per heavy atom. The Hall–Kier alpha value is -1.19. The molecular formula is C16H22F3N. The summed E-state index contributed by atoms with van der Waals surface area (Å²) < 4.78 is 39.2. The van der Waals surface area contributed by atoms with E-state index in [4.69, 9.17) is 0 Å². The van der Waals surface area contributed by atoms with E-state index in [9.17, 15) is 13.2 Å². The van der Waals surface area contributed by atoms with Gasteiger partial charge in [-0.3, -0.25) is 0 Å². The largest absolute Gasteiger partial charge is 0.393 e. The lowest BCUT2D eigenvalue weighted by Gasteiger charge is -2.34. The summed E-state index contributed by atoms with van der Waals surface area (Å²) in [4.78, 5) is 0. The average Bonchev–Trinajstić information content (AvgIpc) is 2.38. The van der Waals surface area contributed by atoms with Crippen molar-refractivity contribution in [1.29, 1.82) is 0 Å². The Kier molecular flexibility index (Phi) is 4.61. The van der Waals surface area contributed by atoms with Crippen LogP contribution in [0.5, 0.6) is 0 Å². The maximum Gasteiger partial charge on any atom is 0.393 e. The van der Waals surface area contributed by atoms with E-state index >= 15 is 0 Å². The molecule has 1 aromatic carbocycles. The lowest BCUT2D eigenvalue weighted by molar-refractivity contribution is -0.184. The van der Waals surface area contributed by atoms with Crippen LogP contribution in [0.4, 0.5) is 18.9 Å². The van der Waals surface area contributed by atoms with E-state index in [1.165, 1.54) is 0 Å². The molecule has 0 aliphatic heterocycles. The molecule has 1 aliphatic rings. The van der Waals surface area contributed by atoms with Crippen LogP contribution in [0.1, 0.15) is 51.0 Å². The Morgan fingerprint density at radius 2 is 1.85 bits per heavy atom. The van der Waals surface area contributed by atoms with E-state index in [0.29, 0.717) is 18.8 Å². The second-order valence-electron chi connectivity index (χ2n) is 5.96. The molecule has 0 saturated heterocycles. The molecule has 0 amide bonds. The van der Waals surface area contributed by atoms with Crippen molar-refractivity contribution in [3.05, 3.63) is 29.8 Å². The van der Waals surface area contributed by atoms with Crippen LogP contribution in [0.3, 0.4) is 0 Å². The van der Waals surface area contributed by atoms with Crippen LogP contribution < -0.4 is 5.32 Å². The standard InChI is InChI=1S/C16H22F3N/c1-11(2)12-6-5-7-13(10-12)20-15-9-4-3-8-14(15)16(17,18)19/h5-7,10-11,14-15,20H,3-4,8-9H2,1-2H3. The number of hydrogen-bond acceptors (Lipinski definition) is 1. The van der Waals surface area contributed by atoms with Gasteiger partial charge in [0.25, 0.3) is 0 Å². The molecule has 112 valence electrons. The van der Waals surface area contributed by atoms with Crippen molar-refractivity contribution in [2.45, 2.75) is 57.7 Å². The van der Waals surface area contributed by atoms with Crippen molar-refractivity contribution in [2.24, 2.45) is 5.92 Å². The maximum absolute atomic E-state index is 13.1. The number of benzene rings is 1. The Morgan fingerprint density at radius 3 is 2.50 bits per heavy atom.